The van der Waals surface area contributed by atoms with Gasteiger partial charge in [-0.25, -0.2) is 0 Å². The largest absolute Gasteiger partial charge is 0.378 e. The first-order valence-electron chi connectivity index (χ1n) is 8.43. The van der Waals surface area contributed by atoms with Crippen LogP contribution >= 0.6 is 0 Å². The molecule has 118 valence electrons. The van der Waals surface area contributed by atoms with Gasteiger partial charge in [-0.1, -0.05) is 0 Å². The van der Waals surface area contributed by atoms with Crippen LogP contribution in [-0.4, -0.2) is 59.8 Å². The van der Waals surface area contributed by atoms with Crippen LogP contribution in [0.4, 0.5) is 0 Å². The van der Waals surface area contributed by atoms with Crippen LogP contribution in [0.5, 0.6) is 0 Å². The van der Waals surface area contributed by atoms with Crippen LogP contribution in [0.25, 0.3) is 0 Å². The number of rotatable bonds is 6. The Balaban J connectivity index is 1.75. The van der Waals surface area contributed by atoms with Crippen LogP contribution in [0.1, 0.15) is 54.4 Å². The van der Waals surface area contributed by atoms with Crippen LogP contribution in [-0.2, 0) is 4.74 Å². The van der Waals surface area contributed by atoms with Crippen molar-refractivity contribution < 1.29 is 4.74 Å². The lowest BCUT2D eigenvalue weighted by molar-refractivity contribution is -0.0727. The number of ether oxygens (including phenoxy) is 1. The number of hydrogen-bond acceptors (Lipinski definition) is 3. The van der Waals surface area contributed by atoms with Crippen LogP contribution in [0.3, 0.4) is 0 Å². The fourth-order valence-corrected chi connectivity index (χ4v) is 3.49. The van der Waals surface area contributed by atoms with Gasteiger partial charge in [0.1, 0.15) is 0 Å². The standard InChI is InChI=1S/C17H34N2O/c1-7-20-16-8-15(9-16)19(13(2)3)12-14-10-18(11-14)17(4,5)6/h13-16H,7-12H2,1-6H3. The number of nitrogens with zero attached hydrogens (tertiary/aromatic N) is 2. The van der Waals surface area contributed by atoms with E-state index in [0.717, 1.165) is 18.6 Å². The molecule has 2 rings (SSSR count). The van der Waals surface area contributed by atoms with E-state index >= 15 is 0 Å². The van der Waals surface area contributed by atoms with Crippen molar-refractivity contribution in [3.05, 3.63) is 0 Å². The van der Waals surface area contributed by atoms with E-state index in [2.05, 4.69) is 51.3 Å². The Bertz CT molecular complexity index is 299. The number of likely N-dealkylation sites (tertiary alicyclic amines) is 1. The van der Waals surface area contributed by atoms with Gasteiger partial charge in [0.2, 0.25) is 0 Å². The third-order valence-electron chi connectivity index (χ3n) is 4.98. The van der Waals surface area contributed by atoms with Gasteiger partial charge in [0.05, 0.1) is 6.10 Å². The molecule has 0 aromatic rings. The van der Waals surface area contributed by atoms with Gasteiger partial charge in [-0.2, -0.15) is 0 Å². The summed E-state index contributed by atoms with van der Waals surface area (Å²) in [5.41, 5.74) is 0.343. The molecule has 0 spiro atoms. The minimum absolute atomic E-state index is 0.343. The summed E-state index contributed by atoms with van der Waals surface area (Å²) in [5, 5.41) is 0. The molecule has 2 fully saturated rings. The molecule has 0 aromatic heterocycles. The van der Waals surface area contributed by atoms with E-state index in [-0.39, 0.29) is 0 Å². The topological polar surface area (TPSA) is 15.7 Å². The first-order valence-corrected chi connectivity index (χ1v) is 8.43. The van der Waals surface area contributed by atoms with Gasteiger partial charge in [-0.15, -0.1) is 0 Å². The Kier molecular flexibility index (Phi) is 5.14. The van der Waals surface area contributed by atoms with Gasteiger partial charge in [0.25, 0.3) is 0 Å². The monoisotopic (exact) mass is 282 g/mol. The molecular weight excluding hydrogens is 248 g/mol. The zero-order chi connectivity index (χ0) is 14.9. The van der Waals surface area contributed by atoms with Gasteiger partial charge < -0.3 is 4.74 Å². The fraction of sp³-hybridized carbons (Fsp3) is 1.00. The smallest absolute Gasteiger partial charge is 0.0604 e. The van der Waals surface area contributed by atoms with Gasteiger partial charge >= 0.3 is 0 Å². The summed E-state index contributed by atoms with van der Waals surface area (Å²) >= 11 is 0. The van der Waals surface area contributed by atoms with Crippen LogP contribution in [0.15, 0.2) is 0 Å². The van der Waals surface area contributed by atoms with Gasteiger partial charge in [0.15, 0.2) is 0 Å². The Morgan fingerprint density at radius 3 is 2.25 bits per heavy atom. The molecule has 1 saturated heterocycles. The molecule has 1 aliphatic heterocycles. The summed E-state index contributed by atoms with van der Waals surface area (Å²) in [6.45, 7) is 18.4. The fourth-order valence-electron chi connectivity index (χ4n) is 3.49. The highest BCUT2D eigenvalue weighted by atomic mass is 16.5. The molecule has 0 aromatic carbocycles. The predicted octanol–water partition coefficient (Wildman–Crippen LogP) is 2.99. The highest BCUT2D eigenvalue weighted by Crippen LogP contribution is 2.32. The van der Waals surface area contributed by atoms with Crippen molar-refractivity contribution in [1.82, 2.24) is 9.80 Å². The third kappa shape index (κ3) is 3.75. The minimum Gasteiger partial charge on any atom is -0.378 e. The van der Waals surface area contributed by atoms with Crippen molar-refractivity contribution in [3.63, 3.8) is 0 Å². The van der Waals surface area contributed by atoms with E-state index in [4.69, 9.17) is 4.74 Å². The van der Waals surface area contributed by atoms with E-state index < -0.39 is 0 Å². The Labute approximate surface area is 125 Å². The van der Waals surface area contributed by atoms with E-state index in [1.807, 2.05) is 0 Å². The molecule has 2 aliphatic rings. The summed E-state index contributed by atoms with van der Waals surface area (Å²) in [6.07, 6.45) is 3.00. The molecule has 0 atom stereocenters. The van der Waals surface area contributed by atoms with E-state index in [1.54, 1.807) is 0 Å². The maximum absolute atomic E-state index is 5.71. The van der Waals surface area contributed by atoms with Crippen molar-refractivity contribution in [2.45, 2.75) is 78.1 Å². The summed E-state index contributed by atoms with van der Waals surface area (Å²) in [7, 11) is 0. The molecule has 1 aliphatic carbocycles. The van der Waals surface area contributed by atoms with Gasteiger partial charge in [-0.3, -0.25) is 9.80 Å². The zero-order valence-electron chi connectivity index (χ0n) is 14.4. The molecule has 3 nitrogen and oxygen atoms in total. The second kappa shape index (κ2) is 6.33. The van der Waals surface area contributed by atoms with E-state index in [9.17, 15) is 0 Å². The normalized spacial score (nSPS) is 28.8. The summed E-state index contributed by atoms with van der Waals surface area (Å²) in [5.74, 6) is 0.864. The second-order valence-corrected chi connectivity index (χ2v) is 7.93. The summed E-state index contributed by atoms with van der Waals surface area (Å²) < 4.78 is 5.71. The third-order valence-corrected chi connectivity index (χ3v) is 4.98. The highest BCUT2D eigenvalue weighted by molar-refractivity contribution is 4.94. The molecule has 0 N–H and O–H groups in total. The molecule has 1 heterocycles. The van der Waals surface area contributed by atoms with E-state index in [1.165, 1.54) is 32.5 Å². The van der Waals surface area contributed by atoms with Crippen molar-refractivity contribution in [3.8, 4) is 0 Å². The SMILES string of the molecule is CCOC1CC(N(CC2CN(C(C)(C)C)C2)C(C)C)C1. The Morgan fingerprint density at radius 2 is 1.80 bits per heavy atom. The van der Waals surface area contributed by atoms with Crippen molar-refractivity contribution in [2.24, 2.45) is 5.92 Å². The van der Waals surface area contributed by atoms with Gasteiger partial charge in [0, 0.05) is 43.9 Å². The summed E-state index contributed by atoms with van der Waals surface area (Å²) in [6, 6.07) is 1.42. The molecule has 20 heavy (non-hydrogen) atoms. The average Bonchev–Trinajstić information content (AvgIpc) is 2.20. The Hall–Kier alpha value is -0.120. The predicted molar refractivity (Wildman–Crippen MR) is 85.1 cm³/mol. The van der Waals surface area contributed by atoms with Crippen LogP contribution < -0.4 is 0 Å². The van der Waals surface area contributed by atoms with Crippen LogP contribution in [0.2, 0.25) is 0 Å². The van der Waals surface area contributed by atoms with Gasteiger partial charge in [-0.05, 0) is 60.3 Å². The minimum atomic E-state index is 0.343. The lowest BCUT2D eigenvalue weighted by Crippen LogP contribution is -2.61. The molecule has 0 radical (unpaired) electrons. The Morgan fingerprint density at radius 1 is 1.20 bits per heavy atom. The molecule has 3 heteroatoms. The van der Waals surface area contributed by atoms with Crippen LogP contribution in [0, 0.1) is 5.92 Å². The first kappa shape index (κ1) is 16.3. The number of hydrogen-bond donors (Lipinski definition) is 0. The van der Waals surface area contributed by atoms with Crippen molar-refractivity contribution in [1.29, 1.82) is 0 Å². The molecular formula is C17H34N2O. The second-order valence-electron chi connectivity index (χ2n) is 7.93. The average molecular weight is 282 g/mol. The lowest BCUT2D eigenvalue weighted by Gasteiger charge is -2.52. The van der Waals surface area contributed by atoms with Crippen molar-refractivity contribution >= 4 is 0 Å². The quantitative estimate of drug-likeness (QED) is 0.745. The highest BCUT2D eigenvalue weighted by Gasteiger charge is 2.40. The molecule has 0 bridgehead atoms. The first-order chi connectivity index (χ1) is 9.31. The molecule has 0 unspecified atom stereocenters. The lowest BCUT2D eigenvalue weighted by atomic mass is 9.85. The zero-order valence-corrected chi connectivity index (χ0v) is 14.4. The maximum atomic E-state index is 5.71. The van der Waals surface area contributed by atoms with E-state index in [0.29, 0.717) is 17.7 Å². The maximum Gasteiger partial charge on any atom is 0.0604 e. The van der Waals surface area contributed by atoms with Crippen molar-refractivity contribution in [2.75, 3.05) is 26.2 Å². The molecule has 1 saturated carbocycles. The summed E-state index contributed by atoms with van der Waals surface area (Å²) in [4.78, 5) is 5.32. The molecule has 0 amide bonds.